The van der Waals surface area contributed by atoms with Gasteiger partial charge in [0.15, 0.2) is 0 Å². The van der Waals surface area contributed by atoms with Gasteiger partial charge in [0.2, 0.25) is 17.7 Å². The van der Waals surface area contributed by atoms with Crippen molar-refractivity contribution < 1.29 is 32.3 Å². The van der Waals surface area contributed by atoms with Gasteiger partial charge in [0.05, 0.1) is 0 Å². The maximum absolute atomic E-state index is 12.0. The van der Waals surface area contributed by atoms with Crippen molar-refractivity contribution in [3.05, 3.63) is 24.3 Å². The van der Waals surface area contributed by atoms with Gasteiger partial charge in [0.25, 0.3) is 0 Å². The molecule has 1 heterocycles. The fourth-order valence-electron chi connectivity index (χ4n) is 1.88. The number of hydrogen-bond donors (Lipinski definition) is 1. The first-order chi connectivity index (χ1) is 10.2. The first-order valence-electron chi connectivity index (χ1n) is 6.23. The number of likely N-dealkylation sites (tertiary alicyclic amines) is 1. The van der Waals surface area contributed by atoms with E-state index < -0.39 is 36.4 Å². The van der Waals surface area contributed by atoms with Crippen molar-refractivity contribution in [1.82, 2.24) is 4.90 Å². The number of ether oxygens (including phenoxy) is 1. The van der Waals surface area contributed by atoms with E-state index in [-0.39, 0.29) is 18.5 Å². The monoisotopic (exact) mass is 316 g/mol. The summed E-state index contributed by atoms with van der Waals surface area (Å²) in [6, 6.07) is 4.50. The SMILES string of the molecule is O=C(CN1C(=O)CCC1=O)Nc1ccc(OC(F)(F)F)cc1. The predicted octanol–water partition coefficient (Wildman–Crippen LogP) is 1.67. The van der Waals surface area contributed by atoms with Crippen LogP contribution in [0.2, 0.25) is 0 Å². The summed E-state index contributed by atoms with van der Waals surface area (Å²) in [5, 5.41) is 2.38. The molecule has 1 N–H and O–H groups in total. The zero-order valence-electron chi connectivity index (χ0n) is 11.1. The van der Waals surface area contributed by atoms with Crippen molar-refractivity contribution in [3.8, 4) is 5.75 Å². The number of carbonyl (C=O) groups excluding carboxylic acids is 3. The fourth-order valence-corrected chi connectivity index (χ4v) is 1.88. The van der Waals surface area contributed by atoms with Crippen molar-refractivity contribution in [2.75, 3.05) is 11.9 Å². The van der Waals surface area contributed by atoms with E-state index >= 15 is 0 Å². The molecule has 1 aliphatic rings. The molecule has 1 aromatic carbocycles. The average Bonchev–Trinajstić information content (AvgIpc) is 2.71. The van der Waals surface area contributed by atoms with Gasteiger partial charge in [0, 0.05) is 18.5 Å². The molecule has 1 aliphatic heterocycles. The van der Waals surface area contributed by atoms with Crippen LogP contribution in [0.25, 0.3) is 0 Å². The Morgan fingerprint density at radius 1 is 1.14 bits per heavy atom. The molecule has 0 spiro atoms. The van der Waals surface area contributed by atoms with Crippen molar-refractivity contribution in [2.24, 2.45) is 0 Å². The molecule has 118 valence electrons. The van der Waals surface area contributed by atoms with Crippen molar-refractivity contribution in [2.45, 2.75) is 19.2 Å². The number of amides is 3. The maximum Gasteiger partial charge on any atom is 0.573 e. The van der Waals surface area contributed by atoms with Gasteiger partial charge in [-0.05, 0) is 24.3 Å². The summed E-state index contributed by atoms with van der Waals surface area (Å²) in [5.74, 6) is -1.88. The number of benzene rings is 1. The maximum atomic E-state index is 12.0. The van der Waals surface area contributed by atoms with Gasteiger partial charge in [-0.1, -0.05) is 0 Å². The van der Waals surface area contributed by atoms with E-state index in [1.165, 1.54) is 12.1 Å². The Morgan fingerprint density at radius 3 is 2.18 bits per heavy atom. The van der Waals surface area contributed by atoms with Gasteiger partial charge < -0.3 is 10.1 Å². The third-order valence-corrected chi connectivity index (χ3v) is 2.83. The smallest absolute Gasteiger partial charge is 0.406 e. The molecule has 0 radical (unpaired) electrons. The average molecular weight is 316 g/mol. The Kier molecular flexibility index (Phi) is 4.34. The number of nitrogens with zero attached hydrogens (tertiary/aromatic N) is 1. The van der Waals surface area contributed by atoms with E-state index in [0.29, 0.717) is 0 Å². The molecular weight excluding hydrogens is 305 g/mol. The first-order valence-corrected chi connectivity index (χ1v) is 6.23. The Bertz CT molecular complexity index is 582. The molecule has 1 saturated heterocycles. The standard InChI is InChI=1S/C13H11F3N2O4/c14-13(15,16)22-9-3-1-8(2-4-9)17-10(19)7-18-11(20)5-6-12(18)21/h1-4H,5-7H2,(H,17,19). The van der Waals surface area contributed by atoms with Crippen LogP contribution in [-0.4, -0.2) is 35.5 Å². The third-order valence-electron chi connectivity index (χ3n) is 2.83. The van der Waals surface area contributed by atoms with E-state index in [2.05, 4.69) is 10.1 Å². The van der Waals surface area contributed by atoms with Crippen LogP contribution < -0.4 is 10.1 Å². The molecule has 22 heavy (non-hydrogen) atoms. The van der Waals surface area contributed by atoms with Crippen molar-refractivity contribution >= 4 is 23.4 Å². The number of hydrogen-bond acceptors (Lipinski definition) is 4. The molecule has 0 aromatic heterocycles. The summed E-state index contributed by atoms with van der Waals surface area (Å²) in [7, 11) is 0. The van der Waals surface area contributed by atoms with Crippen LogP contribution in [-0.2, 0) is 14.4 Å². The van der Waals surface area contributed by atoms with Crippen LogP contribution in [0.15, 0.2) is 24.3 Å². The number of anilines is 1. The van der Waals surface area contributed by atoms with Gasteiger partial charge >= 0.3 is 6.36 Å². The summed E-state index contributed by atoms with van der Waals surface area (Å²) in [5.41, 5.74) is 0.221. The normalized spacial score (nSPS) is 15.1. The van der Waals surface area contributed by atoms with E-state index in [0.717, 1.165) is 17.0 Å². The zero-order valence-corrected chi connectivity index (χ0v) is 11.1. The van der Waals surface area contributed by atoms with Crippen LogP contribution in [0.5, 0.6) is 5.75 Å². The number of nitrogens with one attached hydrogen (secondary N) is 1. The number of imide groups is 1. The minimum atomic E-state index is -4.79. The van der Waals surface area contributed by atoms with Crippen LogP contribution >= 0.6 is 0 Å². The lowest BCUT2D eigenvalue weighted by Crippen LogP contribution is -2.36. The Morgan fingerprint density at radius 2 is 1.68 bits per heavy atom. The van der Waals surface area contributed by atoms with Crippen molar-refractivity contribution in [1.29, 1.82) is 0 Å². The Hall–Kier alpha value is -2.58. The highest BCUT2D eigenvalue weighted by Crippen LogP contribution is 2.24. The Balaban J connectivity index is 1.92. The number of carbonyl (C=O) groups is 3. The quantitative estimate of drug-likeness (QED) is 0.858. The molecular formula is C13H11F3N2O4. The molecule has 0 aliphatic carbocycles. The van der Waals surface area contributed by atoms with Crippen LogP contribution in [0.4, 0.5) is 18.9 Å². The molecule has 9 heteroatoms. The predicted molar refractivity (Wildman–Crippen MR) is 67.7 cm³/mol. The summed E-state index contributed by atoms with van der Waals surface area (Å²) in [6.45, 7) is -0.418. The summed E-state index contributed by atoms with van der Waals surface area (Å²) in [4.78, 5) is 35.3. The fraction of sp³-hybridized carbons (Fsp3) is 0.308. The molecule has 0 unspecified atom stereocenters. The van der Waals surface area contributed by atoms with E-state index in [1.807, 2.05) is 0 Å². The van der Waals surface area contributed by atoms with Gasteiger partial charge in [-0.25, -0.2) is 0 Å². The third kappa shape index (κ3) is 4.21. The second-order valence-electron chi connectivity index (χ2n) is 4.49. The second kappa shape index (κ2) is 6.04. The molecule has 6 nitrogen and oxygen atoms in total. The summed E-state index contributed by atoms with van der Waals surface area (Å²) >= 11 is 0. The number of halogens is 3. The van der Waals surface area contributed by atoms with E-state index in [4.69, 9.17) is 0 Å². The van der Waals surface area contributed by atoms with Crippen LogP contribution in [0.3, 0.4) is 0 Å². The highest BCUT2D eigenvalue weighted by Gasteiger charge is 2.31. The van der Waals surface area contributed by atoms with Gasteiger partial charge in [-0.3, -0.25) is 19.3 Å². The van der Waals surface area contributed by atoms with Crippen LogP contribution in [0, 0.1) is 0 Å². The lowest BCUT2D eigenvalue weighted by molar-refractivity contribution is -0.274. The lowest BCUT2D eigenvalue weighted by Gasteiger charge is -2.14. The van der Waals surface area contributed by atoms with Crippen molar-refractivity contribution in [3.63, 3.8) is 0 Å². The van der Waals surface area contributed by atoms with Gasteiger partial charge in [0.1, 0.15) is 12.3 Å². The number of rotatable bonds is 4. The molecule has 0 bridgehead atoms. The first kappa shape index (κ1) is 15.8. The minimum Gasteiger partial charge on any atom is -0.406 e. The molecule has 0 atom stereocenters. The van der Waals surface area contributed by atoms with Crippen LogP contribution in [0.1, 0.15) is 12.8 Å². The summed E-state index contributed by atoms with van der Waals surface area (Å²) < 4.78 is 39.7. The molecule has 1 fully saturated rings. The zero-order chi connectivity index (χ0) is 16.3. The lowest BCUT2D eigenvalue weighted by atomic mass is 10.3. The van der Waals surface area contributed by atoms with E-state index in [9.17, 15) is 27.6 Å². The largest absolute Gasteiger partial charge is 0.573 e. The topological polar surface area (TPSA) is 75.7 Å². The molecule has 0 saturated carbocycles. The number of alkyl halides is 3. The highest BCUT2D eigenvalue weighted by atomic mass is 19.4. The van der Waals surface area contributed by atoms with Gasteiger partial charge in [-0.15, -0.1) is 13.2 Å². The molecule has 3 amide bonds. The summed E-state index contributed by atoms with van der Waals surface area (Å²) in [6.07, 6.45) is -4.63. The molecule has 2 rings (SSSR count). The highest BCUT2D eigenvalue weighted by molar-refractivity contribution is 6.06. The van der Waals surface area contributed by atoms with Gasteiger partial charge in [-0.2, -0.15) is 0 Å². The van der Waals surface area contributed by atoms with E-state index in [1.54, 1.807) is 0 Å². The Labute approximate surface area is 122 Å². The second-order valence-corrected chi connectivity index (χ2v) is 4.49. The minimum absolute atomic E-state index is 0.0790. The molecule has 1 aromatic rings.